The van der Waals surface area contributed by atoms with Gasteiger partial charge in [0.1, 0.15) is 0 Å². The van der Waals surface area contributed by atoms with Gasteiger partial charge in [0, 0.05) is 0 Å². The molecule has 180 valence electrons. The molecule has 0 saturated heterocycles. The zero-order valence-electron chi connectivity index (χ0n) is 20.3. The fraction of sp³-hybridized carbons (Fsp3) is 0.333. The molecular formula is C30H30B2O4. The first-order chi connectivity index (χ1) is 17.4. The van der Waals surface area contributed by atoms with Gasteiger partial charge >= 0.3 is 14.2 Å². The average Bonchev–Trinajstić information content (AvgIpc) is 2.86. The van der Waals surface area contributed by atoms with Crippen LogP contribution in [0, 0.1) is 11.8 Å². The largest absolute Gasteiger partial charge is 0.489 e. The van der Waals surface area contributed by atoms with E-state index in [0.717, 1.165) is 28.0 Å². The Bertz CT molecular complexity index is 1370. The number of rotatable bonds is 4. The van der Waals surface area contributed by atoms with Crippen LogP contribution in [0.25, 0.3) is 21.5 Å². The fourth-order valence-electron chi connectivity index (χ4n) is 8.91. The highest BCUT2D eigenvalue weighted by molar-refractivity contribution is 6.62. The summed E-state index contributed by atoms with van der Waals surface area (Å²) in [4.78, 5) is 0. The molecule has 4 bridgehead atoms. The zero-order chi connectivity index (χ0) is 24.7. The van der Waals surface area contributed by atoms with Crippen LogP contribution in [0.1, 0.15) is 49.7 Å². The molecule has 4 saturated carbocycles. The van der Waals surface area contributed by atoms with E-state index >= 15 is 0 Å². The first kappa shape index (κ1) is 22.6. The van der Waals surface area contributed by atoms with E-state index in [-0.39, 0.29) is 10.8 Å². The van der Waals surface area contributed by atoms with E-state index in [2.05, 4.69) is 36.4 Å². The van der Waals surface area contributed by atoms with Crippen LogP contribution in [-0.2, 0) is 10.8 Å². The molecule has 4 aliphatic rings. The Morgan fingerprint density at radius 3 is 1.31 bits per heavy atom. The standard InChI is InChI=1S/C30H30B2O4/c33-31(34)27-11-9-25(21-5-1-3-7-23(21)27)29-14-19-13-20(15-29)17-30(16-19,18-29)26-10-12-28(32(35)36)24-8-4-2-6-22(24)26/h1-12,19-20,33-36H,13-18H2. The van der Waals surface area contributed by atoms with Crippen molar-refractivity contribution in [2.45, 2.75) is 49.4 Å². The topological polar surface area (TPSA) is 80.9 Å². The van der Waals surface area contributed by atoms with Gasteiger partial charge < -0.3 is 20.1 Å². The summed E-state index contributed by atoms with van der Waals surface area (Å²) in [6, 6.07) is 24.5. The molecule has 0 amide bonds. The Morgan fingerprint density at radius 1 is 0.528 bits per heavy atom. The smallest absolute Gasteiger partial charge is 0.423 e. The molecule has 4 aromatic carbocycles. The minimum atomic E-state index is -1.49. The molecule has 0 aliphatic heterocycles. The van der Waals surface area contributed by atoms with Crippen LogP contribution in [0.5, 0.6) is 0 Å². The van der Waals surface area contributed by atoms with Crippen LogP contribution < -0.4 is 10.9 Å². The van der Waals surface area contributed by atoms with Gasteiger partial charge in [-0.2, -0.15) is 0 Å². The number of fused-ring (bicyclic) bond motifs is 2. The second kappa shape index (κ2) is 7.93. The highest BCUT2D eigenvalue weighted by atomic mass is 16.4. The lowest BCUT2D eigenvalue weighted by Gasteiger charge is -2.63. The van der Waals surface area contributed by atoms with Gasteiger partial charge in [-0.25, -0.2) is 0 Å². The second-order valence-corrected chi connectivity index (χ2v) is 11.8. The Labute approximate surface area is 211 Å². The van der Waals surface area contributed by atoms with Gasteiger partial charge in [-0.3, -0.25) is 0 Å². The van der Waals surface area contributed by atoms with Crippen LogP contribution >= 0.6 is 0 Å². The third-order valence-electron chi connectivity index (χ3n) is 9.68. The summed E-state index contributed by atoms with van der Waals surface area (Å²) in [6.07, 6.45) is 7.09. The van der Waals surface area contributed by atoms with Crippen molar-refractivity contribution in [1.29, 1.82) is 0 Å². The fourth-order valence-corrected chi connectivity index (χ4v) is 8.91. The molecule has 6 heteroatoms. The van der Waals surface area contributed by atoms with Crippen molar-refractivity contribution >= 4 is 46.7 Å². The Balaban J connectivity index is 1.42. The molecule has 8 rings (SSSR count). The maximum atomic E-state index is 10.0. The van der Waals surface area contributed by atoms with Gasteiger partial charge in [0.25, 0.3) is 0 Å². The maximum Gasteiger partial charge on any atom is 0.489 e. The van der Waals surface area contributed by atoms with Gasteiger partial charge in [0.05, 0.1) is 0 Å². The molecule has 4 nitrogen and oxygen atoms in total. The van der Waals surface area contributed by atoms with E-state index in [0.29, 0.717) is 22.8 Å². The number of hydrogen-bond acceptors (Lipinski definition) is 4. The lowest BCUT2D eigenvalue weighted by atomic mass is 9.41. The zero-order valence-corrected chi connectivity index (χ0v) is 20.3. The molecule has 0 heterocycles. The van der Waals surface area contributed by atoms with Crippen molar-refractivity contribution in [2.75, 3.05) is 0 Å². The van der Waals surface area contributed by atoms with Crippen LogP contribution in [0.4, 0.5) is 0 Å². The van der Waals surface area contributed by atoms with Crippen LogP contribution in [0.2, 0.25) is 0 Å². The molecule has 4 aliphatic carbocycles. The monoisotopic (exact) mass is 476 g/mol. The Kier molecular flexibility index (Phi) is 4.97. The number of hydrogen-bond donors (Lipinski definition) is 4. The van der Waals surface area contributed by atoms with Gasteiger partial charge in [-0.15, -0.1) is 0 Å². The maximum absolute atomic E-state index is 10.0. The second-order valence-electron chi connectivity index (χ2n) is 11.8. The predicted molar refractivity (Wildman–Crippen MR) is 146 cm³/mol. The summed E-state index contributed by atoms with van der Waals surface area (Å²) >= 11 is 0. The van der Waals surface area contributed by atoms with Crippen molar-refractivity contribution in [3.05, 3.63) is 83.9 Å². The molecule has 4 N–H and O–H groups in total. The van der Waals surface area contributed by atoms with E-state index in [1.807, 2.05) is 36.4 Å². The van der Waals surface area contributed by atoms with Crippen molar-refractivity contribution in [3.63, 3.8) is 0 Å². The molecule has 36 heavy (non-hydrogen) atoms. The minimum Gasteiger partial charge on any atom is -0.423 e. The van der Waals surface area contributed by atoms with E-state index in [9.17, 15) is 20.1 Å². The van der Waals surface area contributed by atoms with Gasteiger partial charge in [0.15, 0.2) is 0 Å². The Morgan fingerprint density at radius 2 is 0.917 bits per heavy atom. The molecular weight excluding hydrogens is 446 g/mol. The first-order valence-corrected chi connectivity index (χ1v) is 13.2. The summed E-state index contributed by atoms with van der Waals surface area (Å²) in [5.74, 6) is 1.32. The van der Waals surface area contributed by atoms with Crippen molar-refractivity contribution in [3.8, 4) is 0 Å². The Hall–Kier alpha value is -2.63. The highest BCUT2D eigenvalue weighted by Crippen LogP contribution is 2.67. The summed E-state index contributed by atoms with van der Waals surface area (Å²) in [6.45, 7) is 0. The third-order valence-corrected chi connectivity index (χ3v) is 9.68. The molecule has 0 unspecified atom stereocenters. The summed E-state index contributed by atoms with van der Waals surface area (Å²) in [5, 5.41) is 44.2. The number of benzene rings is 4. The van der Waals surface area contributed by atoms with E-state index < -0.39 is 14.2 Å². The van der Waals surface area contributed by atoms with Crippen LogP contribution in [0.15, 0.2) is 72.8 Å². The van der Waals surface area contributed by atoms with Crippen molar-refractivity contribution < 1.29 is 20.1 Å². The van der Waals surface area contributed by atoms with E-state index in [1.54, 1.807) is 0 Å². The summed E-state index contributed by atoms with van der Waals surface area (Å²) in [5.41, 5.74) is 3.95. The van der Waals surface area contributed by atoms with Crippen LogP contribution in [0.3, 0.4) is 0 Å². The van der Waals surface area contributed by atoms with Gasteiger partial charge in [-0.1, -0.05) is 72.8 Å². The average molecular weight is 476 g/mol. The SMILES string of the molecule is OB(O)c1ccc(C23CC4CC(C2)CC(c2ccc(B(O)O)c5ccccc25)(C4)C3)c2ccccc12. The van der Waals surface area contributed by atoms with Crippen LogP contribution in [-0.4, -0.2) is 34.3 Å². The quantitative estimate of drug-likeness (QED) is 0.342. The van der Waals surface area contributed by atoms with Crippen molar-refractivity contribution in [1.82, 2.24) is 0 Å². The molecule has 4 aromatic rings. The van der Waals surface area contributed by atoms with E-state index in [4.69, 9.17) is 0 Å². The third kappa shape index (κ3) is 3.18. The minimum absolute atomic E-state index is 0.0545. The molecule has 0 radical (unpaired) electrons. The molecule has 0 aromatic heterocycles. The molecule has 0 spiro atoms. The molecule has 0 atom stereocenters. The van der Waals surface area contributed by atoms with Gasteiger partial charge in [-0.05, 0) is 105 Å². The first-order valence-electron chi connectivity index (χ1n) is 13.2. The molecule has 4 fully saturated rings. The van der Waals surface area contributed by atoms with Crippen molar-refractivity contribution in [2.24, 2.45) is 11.8 Å². The summed E-state index contributed by atoms with van der Waals surface area (Å²) in [7, 11) is -2.98. The van der Waals surface area contributed by atoms with E-state index in [1.165, 1.54) is 43.2 Å². The lowest BCUT2D eigenvalue weighted by Crippen LogP contribution is -2.56. The summed E-state index contributed by atoms with van der Waals surface area (Å²) < 4.78 is 0. The highest BCUT2D eigenvalue weighted by Gasteiger charge is 2.59. The lowest BCUT2D eigenvalue weighted by molar-refractivity contribution is -0.0268. The predicted octanol–water partition coefficient (Wildman–Crippen LogP) is 3.14. The normalized spacial score (nSPS) is 28.7. The van der Waals surface area contributed by atoms with Gasteiger partial charge in [0.2, 0.25) is 0 Å².